The first-order valence-electron chi connectivity index (χ1n) is 21.7. The van der Waals surface area contributed by atoms with Gasteiger partial charge < -0.3 is 34.5 Å². The van der Waals surface area contributed by atoms with E-state index in [1.807, 2.05) is 0 Å². The predicted octanol–water partition coefficient (Wildman–Crippen LogP) is 8.38. The molecule has 19 heteroatoms. The van der Waals surface area contributed by atoms with Gasteiger partial charge in [0.15, 0.2) is 0 Å². The smallest absolute Gasteiger partial charge is 0.437 e. The highest BCUT2D eigenvalue weighted by Crippen LogP contribution is 2.73. The van der Waals surface area contributed by atoms with E-state index >= 15 is 4.39 Å². The Morgan fingerprint density at radius 3 is 1.58 bits per heavy atom. The van der Waals surface area contributed by atoms with E-state index in [0.717, 1.165) is 0 Å². The standard InChI is InChI=1S/C47H63FN8O10/c1-42(2,3)63-38(59)52-36(53-39(60)64-43(4,5)6)49-24-28-13-15-30(16-14-28)50-34(57)46-25-47(26-46,27-46)35(58)51-31-17-18-32(33(48)23-31)29-19-21-56(22-20-29)37(54-40(61)65-44(7,8)9)55-41(62)66-45(10,11)12/h13-19,23H,20-22,24-27H2,1-12H3,(H,50,57)(H,51,58)(H,54,55,61,62)(H2,49,52,53,59,60). The summed E-state index contributed by atoms with van der Waals surface area (Å²) in [5.41, 5.74) is -2.02. The van der Waals surface area contributed by atoms with E-state index in [1.165, 1.54) is 6.07 Å². The summed E-state index contributed by atoms with van der Waals surface area (Å²) in [6.07, 6.45) is -0.124. The number of carbonyl (C=O) groups excluding carboxylic acids is 6. The minimum Gasteiger partial charge on any atom is -0.444 e. The molecule has 358 valence electrons. The summed E-state index contributed by atoms with van der Waals surface area (Å²) in [6, 6.07) is 11.4. The van der Waals surface area contributed by atoms with Crippen molar-refractivity contribution in [2.24, 2.45) is 20.8 Å². The number of nitrogens with zero attached hydrogens (tertiary/aromatic N) is 3. The van der Waals surface area contributed by atoms with Crippen molar-refractivity contribution in [1.29, 1.82) is 0 Å². The molecular formula is C47H63FN8O10. The molecule has 0 atom stereocenters. The van der Waals surface area contributed by atoms with Gasteiger partial charge in [0.2, 0.25) is 23.7 Å². The van der Waals surface area contributed by atoms with Crippen LogP contribution >= 0.6 is 0 Å². The molecule has 66 heavy (non-hydrogen) atoms. The van der Waals surface area contributed by atoms with Crippen LogP contribution in [0.5, 0.6) is 0 Å². The van der Waals surface area contributed by atoms with Gasteiger partial charge >= 0.3 is 24.4 Å². The number of amides is 6. The van der Waals surface area contributed by atoms with Crippen LogP contribution in [0.25, 0.3) is 5.57 Å². The molecule has 5 N–H and O–H groups in total. The number of carbonyl (C=O) groups is 6. The van der Waals surface area contributed by atoms with E-state index in [9.17, 15) is 28.8 Å². The van der Waals surface area contributed by atoms with E-state index < -0.39 is 63.4 Å². The highest BCUT2D eigenvalue weighted by molar-refractivity contribution is 6.06. The Kier molecular flexibility index (Phi) is 14.6. The van der Waals surface area contributed by atoms with E-state index in [2.05, 4.69) is 36.6 Å². The Bertz CT molecular complexity index is 2260. The molecule has 2 bridgehead atoms. The predicted molar refractivity (Wildman–Crippen MR) is 246 cm³/mol. The van der Waals surface area contributed by atoms with Crippen LogP contribution in [0.2, 0.25) is 0 Å². The average molecular weight is 919 g/mol. The molecule has 6 rings (SSSR count). The molecule has 3 aliphatic carbocycles. The normalized spacial score (nSPS) is 19.3. The topological polar surface area (TPSA) is 227 Å². The van der Waals surface area contributed by atoms with Gasteiger partial charge in [-0.25, -0.2) is 28.6 Å². The quantitative estimate of drug-likeness (QED) is 0.101. The number of guanidine groups is 2. The number of hydrogen-bond acceptors (Lipinski definition) is 11. The molecule has 0 unspecified atom stereocenters. The first kappa shape index (κ1) is 50.5. The van der Waals surface area contributed by atoms with Gasteiger partial charge in [-0.05, 0) is 150 Å². The van der Waals surface area contributed by atoms with E-state index in [-0.39, 0.29) is 49.1 Å². The highest BCUT2D eigenvalue weighted by Gasteiger charge is 2.74. The summed E-state index contributed by atoms with van der Waals surface area (Å²) < 4.78 is 36.9. The Labute approximate surface area is 384 Å². The van der Waals surface area contributed by atoms with Crippen molar-refractivity contribution in [3.05, 3.63) is 65.5 Å². The summed E-state index contributed by atoms with van der Waals surface area (Å²) in [4.78, 5) is 86.8. The monoisotopic (exact) mass is 918 g/mol. The molecule has 1 heterocycles. The maximum absolute atomic E-state index is 15.6. The molecular weight excluding hydrogens is 856 g/mol. The van der Waals surface area contributed by atoms with Crippen molar-refractivity contribution < 1.29 is 52.1 Å². The summed E-state index contributed by atoms with van der Waals surface area (Å²) in [5.74, 6) is -1.24. The van der Waals surface area contributed by atoms with Crippen LogP contribution in [0.1, 0.15) is 120 Å². The number of ether oxygens (including phenoxy) is 4. The van der Waals surface area contributed by atoms with Gasteiger partial charge in [-0.1, -0.05) is 18.2 Å². The zero-order valence-electron chi connectivity index (χ0n) is 39.9. The molecule has 0 spiro atoms. The molecule has 2 aromatic rings. The number of nitrogens with one attached hydrogen (secondary N) is 5. The third-order valence-electron chi connectivity index (χ3n) is 10.1. The lowest BCUT2D eigenvalue weighted by Crippen LogP contribution is -2.70. The molecule has 1 aliphatic heterocycles. The van der Waals surface area contributed by atoms with Crippen LogP contribution in [0.15, 0.2) is 58.5 Å². The van der Waals surface area contributed by atoms with Gasteiger partial charge in [-0.2, -0.15) is 0 Å². The van der Waals surface area contributed by atoms with E-state index in [1.54, 1.807) is 130 Å². The largest absolute Gasteiger partial charge is 0.444 e. The number of rotatable bonds is 7. The van der Waals surface area contributed by atoms with Gasteiger partial charge in [0, 0.05) is 30.0 Å². The van der Waals surface area contributed by atoms with Gasteiger partial charge in [0.1, 0.15) is 28.2 Å². The molecule has 3 fully saturated rings. The van der Waals surface area contributed by atoms with Crippen LogP contribution in [0.4, 0.5) is 34.9 Å². The highest BCUT2D eigenvalue weighted by atomic mass is 19.1. The summed E-state index contributed by atoms with van der Waals surface area (Å²) >= 11 is 0. The van der Waals surface area contributed by atoms with Crippen molar-refractivity contribution in [3.63, 3.8) is 0 Å². The molecule has 0 saturated heterocycles. The van der Waals surface area contributed by atoms with Crippen molar-refractivity contribution in [1.82, 2.24) is 20.9 Å². The maximum atomic E-state index is 15.6. The number of benzene rings is 2. The summed E-state index contributed by atoms with van der Waals surface area (Å²) in [5, 5.41) is 13.2. The third kappa shape index (κ3) is 14.2. The van der Waals surface area contributed by atoms with Crippen molar-refractivity contribution in [3.8, 4) is 0 Å². The molecule has 0 aromatic heterocycles. The SMILES string of the molecule is CC(C)(C)OC(=O)/N=C(/NC(=O)OC(C)(C)C)N1CC=C(c2ccc(NC(=O)C34CC(C(=O)Nc5ccc(CN=C(NC(=O)OC(C)(C)C)NC(=O)OC(C)(C)C)cc5)(C3)C4)cc2F)CC1. The van der Waals surface area contributed by atoms with Crippen LogP contribution in [0.3, 0.4) is 0 Å². The number of anilines is 2. The average Bonchev–Trinajstić information content (AvgIpc) is 3.10. The third-order valence-corrected chi connectivity index (χ3v) is 10.1. The minimum atomic E-state index is -0.892. The summed E-state index contributed by atoms with van der Waals surface area (Å²) in [6.45, 7) is 21.0. The maximum Gasteiger partial charge on any atom is 0.437 e. The van der Waals surface area contributed by atoms with Crippen LogP contribution in [0, 0.1) is 16.6 Å². The lowest BCUT2D eigenvalue weighted by Gasteiger charge is -2.67. The van der Waals surface area contributed by atoms with Crippen LogP contribution in [-0.4, -0.2) is 88.5 Å². The Hall–Kier alpha value is -6.53. The number of halogens is 1. The number of aliphatic imine (C=N–C) groups is 2. The Morgan fingerprint density at radius 2 is 1.12 bits per heavy atom. The Morgan fingerprint density at radius 1 is 0.652 bits per heavy atom. The zero-order valence-corrected chi connectivity index (χ0v) is 39.9. The first-order valence-corrected chi connectivity index (χ1v) is 21.7. The van der Waals surface area contributed by atoms with Crippen molar-refractivity contribution >= 4 is 65.1 Å². The molecule has 0 radical (unpaired) electrons. The van der Waals surface area contributed by atoms with Crippen molar-refractivity contribution in [2.45, 2.75) is 138 Å². The van der Waals surface area contributed by atoms with E-state index in [0.29, 0.717) is 48.1 Å². The summed E-state index contributed by atoms with van der Waals surface area (Å²) in [7, 11) is 0. The molecule has 18 nitrogen and oxygen atoms in total. The van der Waals surface area contributed by atoms with Crippen molar-refractivity contribution in [2.75, 3.05) is 23.7 Å². The van der Waals surface area contributed by atoms with Crippen LogP contribution in [-0.2, 0) is 35.1 Å². The first-order chi connectivity index (χ1) is 30.4. The lowest BCUT2D eigenvalue weighted by molar-refractivity contribution is -0.201. The fraction of sp³-hybridized carbons (Fsp3) is 0.532. The number of alkyl carbamates (subject to hydrolysis) is 3. The minimum absolute atomic E-state index is 0.0592. The lowest BCUT2D eigenvalue weighted by atomic mass is 9.34. The van der Waals surface area contributed by atoms with Gasteiger partial charge in [0.05, 0.1) is 17.4 Å². The van der Waals surface area contributed by atoms with Gasteiger partial charge in [-0.15, -0.1) is 4.99 Å². The fourth-order valence-electron chi connectivity index (χ4n) is 7.47. The van der Waals surface area contributed by atoms with E-state index in [4.69, 9.17) is 18.9 Å². The molecule has 4 aliphatic rings. The zero-order chi connectivity index (χ0) is 49.0. The molecule has 2 aromatic carbocycles. The van der Waals surface area contributed by atoms with Crippen LogP contribution < -0.4 is 26.6 Å². The fourth-order valence-corrected chi connectivity index (χ4v) is 7.47. The van der Waals surface area contributed by atoms with Gasteiger partial charge in [0.25, 0.3) is 0 Å². The molecule has 3 saturated carbocycles. The Balaban J connectivity index is 1.14. The van der Waals surface area contributed by atoms with Gasteiger partial charge in [-0.3, -0.25) is 25.5 Å². The second kappa shape index (κ2) is 19.1. The second-order valence-electron chi connectivity index (χ2n) is 20.8. The number of hydrogen-bond donors (Lipinski definition) is 5. The molecule has 6 amide bonds. The second-order valence-corrected chi connectivity index (χ2v) is 20.8.